The Labute approximate surface area is 122 Å². The Morgan fingerprint density at radius 2 is 2.33 bits per heavy atom. The van der Waals surface area contributed by atoms with Gasteiger partial charge in [-0.25, -0.2) is 0 Å². The molecule has 0 bridgehead atoms. The minimum Gasteiger partial charge on any atom is -0.486 e. The summed E-state index contributed by atoms with van der Waals surface area (Å²) < 4.78 is 11.5. The summed E-state index contributed by atoms with van der Waals surface area (Å²) in [5.74, 6) is 0.275. The van der Waals surface area contributed by atoms with Gasteiger partial charge in [0.1, 0.15) is 11.4 Å². The van der Waals surface area contributed by atoms with Crippen molar-refractivity contribution in [2.75, 3.05) is 6.54 Å². The van der Waals surface area contributed by atoms with Crippen LogP contribution in [-0.4, -0.2) is 30.2 Å². The number of carbonyl (C=O) groups is 1. The Bertz CT molecular complexity index is 639. The van der Waals surface area contributed by atoms with Gasteiger partial charge in [-0.3, -0.25) is 4.79 Å². The number of nitrogens with two attached hydrogens (primary N) is 2. The summed E-state index contributed by atoms with van der Waals surface area (Å²) in [6, 6.07) is 5.52. The van der Waals surface area contributed by atoms with Crippen molar-refractivity contribution in [1.82, 2.24) is 0 Å². The van der Waals surface area contributed by atoms with E-state index < -0.39 is 18.1 Å². The topological polar surface area (TPSA) is 108 Å². The maximum absolute atomic E-state index is 11.6. The Morgan fingerprint density at radius 1 is 1.52 bits per heavy atom. The lowest BCUT2D eigenvalue weighted by Crippen LogP contribution is -2.46. The molecule has 0 saturated heterocycles. The summed E-state index contributed by atoms with van der Waals surface area (Å²) in [7, 11) is -1.04. The second-order valence-corrected chi connectivity index (χ2v) is 6.19. The highest BCUT2D eigenvalue weighted by molar-refractivity contribution is 6.62. The summed E-state index contributed by atoms with van der Waals surface area (Å²) in [5, 5.41) is 10.1. The average Bonchev–Trinajstić information content (AvgIpc) is 2.78. The van der Waals surface area contributed by atoms with E-state index in [1.807, 2.05) is 12.1 Å². The van der Waals surface area contributed by atoms with Crippen LogP contribution in [0.25, 0.3) is 0 Å². The smallest absolute Gasteiger partial charge is 0.486 e. The van der Waals surface area contributed by atoms with Gasteiger partial charge in [-0.1, -0.05) is 12.1 Å². The fourth-order valence-electron chi connectivity index (χ4n) is 3.83. The van der Waals surface area contributed by atoms with E-state index in [0.717, 1.165) is 18.4 Å². The van der Waals surface area contributed by atoms with Crippen LogP contribution in [0, 0.1) is 5.41 Å². The first-order valence-corrected chi connectivity index (χ1v) is 7.18. The Morgan fingerprint density at radius 3 is 2.90 bits per heavy atom. The Kier molecular flexibility index (Phi) is 2.50. The van der Waals surface area contributed by atoms with E-state index in [4.69, 9.17) is 20.9 Å². The van der Waals surface area contributed by atoms with E-state index in [1.165, 1.54) is 0 Å². The van der Waals surface area contributed by atoms with Crippen LogP contribution in [0.2, 0.25) is 0 Å². The molecule has 3 unspecified atom stereocenters. The highest BCUT2D eigenvalue weighted by Gasteiger charge is 2.80. The highest BCUT2D eigenvalue weighted by Crippen LogP contribution is 2.72. The summed E-state index contributed by atoms with van der Waals surface area (Å²) in [5.41, 5.74) is 11.6. The third-order valence-corrected chi connectivity index (χ3v) is 5.27. The van der Waals surface area contributed by atoms with Crippen molar-refractivity contribution in [3.05, 3.63) is 23.8 Å². The number of hydrogen-bond donors (Lipinski definition) is 3. The lowest BCUT2D eigenvalue weighted by atomic mass is 9.77. The largest absolute Gasteiger partial charge is 0.495 e. The summed E-state index contributed by atoms with van der Waals surface area (Å²) in [4.78, 5) is 11.6. The number of amides is 1. The molecule has 110 valence electrons. The fraction of sp³-hybridized carbons (Fsp3) is 0.500. The average molecular weight is 288 g/mol. The van der Waals surface area contributed by atoms with Crippen molar-refractivity contribution < 1.29 is 19.2 Å². The third kappa shape index (κ3) is 1.51. The first kappa shape index (κ1) is 13.1. The standard InChI is InChI=1S/C14H17BN2O4/c16-6-10-8-2-1-3-9(11(8)15(19)21-10)20-14-5-4-13(14,7-14)12(17)18/h1-3,10,19H,4-7,16H2,(H2,17,18). The molecule has 4 rings (SSSR count). The van der Waals surface area contributed by atoms with E-state index in [9.17, 15) is 9.82 Å². The van der Waals surface area contributed by atoms with E-state index >= 15 is 0 Å². The molecular weight excluding hydrogens is 271 g/mol. The third-order valence-electron chi connectivity index (χ3n) is 5.27. The highest BCUT2D eigenvalue weighted by atomic mass is 16.5. The molecule has 2 aliphatic carbocycles. The van der Waals surface area contributed by atoms with Crippen molar-refractivity contribution in [2.45, 2.75) is 31.0 Å². The molecule has 0 aromatic heterocycles. The molecule has 1 aromatic rings. The zero-order valence-corrected chi connectivity index (χ0v) is 11.5. The maximum Gasteiger partial charge on any atom is 0.495 e. The normalized spacial score (nSPS) is 35.7. The van der Waals surface area contributed by atoms with Crippen molar-refractivity contribution in [3.8, 4) is 5.75 Å². The molecule has 0 radical (unpaired) electrons. The molecule has 1 aromatic carbocycles. The molecular formula is C14H17BN2O4. The van der Waals surface area contributed by atoms with Gasteiger partial charge in [-0.15, -0.1) is 0 Å². The van der Waals surface area contributed by atoms with E-state index in [-0.39, 0.29) is 12.0 Å². The van der Waals surface area contributed by atoms with Gasteiger partial charge in [0.05, 0.1) is 11.5 Å². The second-order valence-electron chi connectivity index (χ2n) is 6.19. The first-order valence-electron chi connectivity index (χ1n) is 7.18. The summed E-state index contributed by atoms with van der Waals surface area (Å²) in [6.07, 6.45) is 1.94. The van der Waals surface area contributed by atoms with Gasteiger partial charge in [0.25, 0.3) is 0 Å². The predicted molar refractivity (Wildman–Crippen MR) is 75.8 cm³/mol. The predicted octanol–water partition coefficient (Wildman–Crippen LogP) is -0.809. The first-order chi connectivity index (χ1) is 10.0. The Balaban J connectivity index is 1.67. The van der Waals surface area contributed by atoms with E-state index in [1.54, 1.807) is 6.07 Å². The van der Waals surface area contributed by atoms with Crippen molar-refractivity contribution >= 4 is 18.5 Å². The SMILES string of the molecule is NCC1OB(O)c2c(OC34CCC3(C(N)=O)C4)cccc21. The van der Waals surface area contributed by atoms with Gasteiger partial charge in [-0.2, -0.15) is 0 Å². The molecule has 6 nitrogen and oxygen atoms in total. The van der Waals surface area contributed by atoms with Crippen LogP contribution < -0.4 is 21.7 Å². The van der Waals surface area contributed by atoms with Crippen LogP contribution in [0.5, 0.6) is 5.75 Å². The number of primary amides is 1. The van der Waals surface area contributed by atoms with Crippen LogP contribution in [-0.2, 0) is 9.45 Å². The lowest BCUT2D eigenvalue weighted by Gasteiger charge is -2.34. The van der Waals surface area contributed by atoms with Crippen LogP contribution in [0.15, 0.2) is 18.2 Å². The second kappa shape index (κ2) is 4.00. The summed E-state index contributed by atoms with van der Waals surface area (Å²) >= 11 is 0. The monoisotopic (exact) mass is 288 g/mol. The van der Waals surface area contributed by atoms with Gasteiger partial charge in [0.15, 0.2) is 0 Å². The van der Waals surface area contributed by atoms with Crippen molar-refractivity contribution in [3.63, 3.8) is 0 Å². The molecule has 0 spiro atoms. The molecule has 1 amide bonds. The van der Waals surface area contributed by atoms with Gasteiger partial charge >= 0.3 is 7.12 Å². The van der Waals surface area contributed by atoms with Gasteiger partial charge in [0.2, 0.25) is 5.91 Å². The molecule has 3 atom stereocenters. The molecule has 2 fully saturated rings. The minimum absolute atomic E-state index is 0.294. The van der Waals surface area contributed by atoms with Crippen LogP contribution in [0.3, 0.4) is 0 Å². The number of carbonyl (C=O) groups excluding carboxylic acids is 1. The molecule has 2 saturated carbocycles. The molecule has 7 heteroatoms. The number of fused-ring (bicyclic) bond motifs is 2. The zero-order chi connectivity index (χ0) is 14.8. The number of benzene rings is 1. The number of rotatable bonds is 4. The summed E-state index contributed by atoms with van der Waals surface area (Å²) in [6.45, 7) is 0.296. The van der Waals surface area contributed by atoms with Crippen LogP contribution in [0.4, 0.5) is 0 Å². The molecule has 3 aliphatic rings. The van der Waals surface area contributed by atoms with E-state index in [0.29, 0.717) is 24.2 Å². The number of hydrogen-bond acceptors (Lipinski definition) is 5. The van der Waals surface area contributed by atoms with Gasteiger partial charge in [-0.05, 0) is 24.5 Å². The minimum atomic E-state index is -1.04. The van der Waals surface area contributed by atoms with Crippen LogP contribution in [0.1, 0.15) is 30.9 Å². The lowest BCUT2D eigenvalue weighted by molar-refractivity contribution is -0.129. The fourth-order valence-corrected chi connectivity index (χ4v) is 3.83. The van der Waals surface area contributed by atoms with Crippen LogP contribution >= 0.6 is 0 Å². The molecule has 5 N–H and O–H groups in total. The van der Waals surface area contributed by atoms with Crippen molar-refractivity contribution in [1.29, 1.82) is 0 Å². The number of ether oxygens (including phenoxy) is 1. The molecule has 21 heavy (non-hydrogen) atoms. The maximum atomic E-state index is 11.6. The van der Waals surface area contributed by atoms with Gasteiger partial charge in [0, 0.05) is 18.4 Å². The quantitative estimate of drug-likeness (QED) is 0.628. The molecule has 1 aliphatic heterocycles. The van der Waals surface area contributed by atoms with Gasteiger partial charge < -0.3 is 25.9 Å². The Hall–Kier alpha value is -1.57. The van der Waals surface area contributed by atoms with E-state index in [2.05, 4.69) is 0 Å². The molecule has 1 heterocycles. The zero-order valence-electron chi connectivity index (χ0n) is 11.5. The van der Waals surface area contributed by atoms with Crippen molar-refractivity contribution in [2.24, 2.45) is 16.9 Å².